The van der Waals surface area contributed by atoms with Crippen molar-refractivity contribution in [3.63, 3.8) is 0 Å². The number of halogens is 2. The van der Waals surface area contributed by atoms with Crippen LogP contribution in [0, 0.1) is 24.1 Å². The van der Waals surface area contributed by atoms with Gasteiger partial charge in [0.1, 0.15) is 42.2 Å². The van der Waals surface area contributed by atoms with Crippen molar-refractivity contribution < 1.29 is 18.7 Å². The highest BCUT2D eigenvalue weighted by Gasteiger charge is 2.11. The van der Waals surface area contributed by atoms with Gasteiger partial charge in [-0.05, 0) is 78.2 Å². The van der Waals surface area contributed by atoms with Crippen molar-refractivity contribution in [3.8, 4) is 17.6 Å². The Morgan fingerprint density at radius 1 is 0.921 bits per heavy atom. The lowest BCUT2D eigenvalue weighted by Gasteiger charge is -2.10. The van der Waals surface area contributed by atoms with E-state index in [0.29, 0.717) is 34.4 Å². The van der Waals surface area contributed by atoms with Crippen LogP contribution in [0.5, 0.6) is 11.5 Å². The molecule has 0 aliphatic carbocycles. The normalized spacial score (nSPS) is 10.9. The molecule has 0 aromatic heterocycles. The maximum absolute atomic E-state index is 13.1. The highest BCUT2D eigenvalue weighted by atomic mass is 35.5. The summed E-state index contributed by atoms with van der Waals surface area (Å²) in [5.74, 6) is 0.227. The van der Waals surface area contributed by atoms with Crippen molar-refractivity contribution in [2.45, 2.75) is 20.1 Å². The Bertz CT molecular complexity index is 1480. The van der Waals surface area contributed by atoms with E-state index >= 15 is 0 Å². The maximum Gasteiger partial charge on any atom is 0.266 e. The lowest BCUT2D eigenvalue weighted by atomic mass is 10.1. The summed E-state index contributed by atoms with van der Waals surface area (Å²) in [6, 6.07) is 27.9. The van der Waals surface area contributed by atoms with E-state index in [1.165, 1.54) is 23.8 Å². The number of carbonyl (C=O) groups excluding carboxylic acids is 1. The van der Waals surface area contributed by atoms with Crippen LogP contribution in [0.2, 0.25) is 5.02 Å². The molecular weight excluding hydrogens is 503 g/mol. The Morgan fingerprint density at radius 2 is 1.55 bits per heavy atom. The Hall–Kier alpha value is -4.60. The first-order chi connectivity index (χ1) is 18.4. The highest BCUT2D eigenvalue weighted by Crippen LogP contribution is 2.27. The van der Waals surface area contributed by atoms with Gasteiger partial charge < -0.3 is 14.8 Å². The molecule has 0 unspecified atom stereocenters. The lowest BCUT2D eigenvalue weighted by Crippen LogP contribution is -2.13. The second-order valence-electron chi connectivity index (χ2n) is 8.53. The molecular formula is C31H24ClFN2O3. The number of anilines is 1. The van der Waals surface area contributed by atoms with Crippen LogP contribution < -0.4 is 14.8 Å². The average Bonchev–Trinajstić information content (AvgIpc) is 2.92. The summed E-state index contributed by atoms with van der Waals surface area (Å²) >= 11 is 6.33. The van der Waals surface area contributed by atoms with Crippen molar-refractivity contribution in [3.05, 3.63) is 130 Å². The number of ether oxygens (including phenoxy) is 2. The third-order valence-electron chi connectivity index (χ3n) is 5.58. The Morgan fingerprint density at radius 3 is 2.18 bits per heavy atom. The first-order valence-electron chi connectivity index (χ1n) is 11.8. The number of amides is 1. The summed E-state index contributed by atoms with van der Waals surface area (Å²) in [6.07, 6.45) is 1.45. The summed E-state index contributed by atoms with van der Waals surface area (Å²) in [4.78, 5) is 12.7. The fourth-order valence-corrected chi connectivity index (χ4v) is 3.71. The van der Waals surface area contributed by atoms with Gasteiger partial charge >= 0.3 is 0 Å². The van der Waals surface area contributed by atoms with Gasteiger partial charge in [0.2, 0.25) is 0 Å². The number of nitriles is 1. The summed E-state index contributed by atoms with van der Waals surface area (Å²) < 4.78 is 24.6. The second-order valence-corrected chi connectivity index (χ2v) is 8.93. The summed E-state index contributed by atoms with van der Waals surface area (Å²) in [6.45, 7) is 2.69. The number of carbonyl (C=O) groups is 1. The van der Waals surface area contributed by atoms with Crippen molar-refractivity contribution in [2.75, 3.05) is 5.32 Å². The Kier molecular flexibility index (Phi) is 8.76. The predicted molar refractivity (Wildman–Crippen MR) is 146 cm³/mol. The fourth-order valence-electron chi connectivity index (χ4n) is 3.46. The molecule has 0 radical (unpaired) electrons. The molecule has 4 aromatic rings. The van der Waals surface area contributed by atoms with Crippen LogP contribution in [-0.2, 0) is 18.0 Å². The first kappa shape index (κ1) is 26.5. The van der Waals surface area contributed by atoms with Crippen LogP contribution in [0.15, 0.2) is 96.6 Å². The molecule has 190 valence electrons. The van der Waals surface area contributed by atoms with Crippen LogP contribution in [0.25, 0.3) is 6.08 Å². The molecule has 1 N–H and O–H groups in total. The predicted octanol–water partition coefficient (Wildman–Crippen LogP) is 7.49. The number of rotatable bonds is 9. The van der Waals surface area contributed by atoms with E-state index in [1.807, 2.05) is 37.3 Å². The molecule has 0 aliphatic heterocycles. The van der Waals surface area contributed by atoms with E-state index in [4.69, 9.17) is 21.1 Å². The van der Waals surface area contributed by atoms with Crippen molar-refractivity contribution in [1.82, 2.24) is 0 Å². The Balaban J connectivity index is 1.34. The maximum atomic E-state index is 13.1. The molecule has 0 heterocycles. The molecule has 38 heavy (non-hydrogen) atoms. The van der Waals surface area contributed by atoms with Crippen LogP contribution in [0.3, 0.4) is 0 Å². The molecule has 0 atom stereocenters. The van der Waals surface area contributed by atoms with Crippen LogP contribution in [-0.4, -0.2) is 5.91 Å². The second kappa shape index (κ2) is 12.6. The molecule has 0 spiro atoms. The SMILES string of the molecule is Cc1ccc(COc2ccc(NC(=O)/C(C#N)=C/c3ccc(OCc4ccc(F)cc4)c(Cl)c3)cc2)cc1. The zero-order valence-corrected chi connectivity index (χ0v) is 21.3. The van der Waals surface area contributed by atoms with E-state index in [-0.39, 0.29) is 18.0 Å². The number of hydrogen-bond donors (Lipinski definition) is 1. The summed E-state index contributed by atoms with van der Waals surface area (Å²) in [5.41, 5.74) is 4.05. The highest BCUT2D eigenvalue weighted by molar-refractivity contribution is 6.32. The van der Waals surface area contributed by atoms with Crippen molar-refractivity contribution in [1.29, 1.82) is 5.26 Å². The largest absolute Gasteiger partial charge is 0.489 e. The molecule has 0 bridgehead atoms. The molecule has 4 rings (SSSR count). The van der Waals surface area contributed by atoms with Crippen molar-refractivity contribution in [2.24, 2.45) is 0 Å². The van der Waals surface area contributed by atoms with Gasteiger partial charge in [0.25, 0.3) is 5.91 Å². The monoisotopic (exact) mass is 526 g/mol. The quantitative estimate of drug-likeness (QED) is 0.181. The van der Waals surface area contributed by atoms with E-state index in [9.17, 15) is 14.4 Å². The Labute approximate surface area is 225 Å². The third-order valence-corrected chi connectivity index (χ3v) is 5.87. The van der Waals surface area contributed by atoms with Gasteiger partial charge in [-0.25, -0.2) is 4.39 Å². The summed E-state index contributed by atoms with van der Waals surface area (Å²) in [7, 11) is 0. The molecule has 0 fully saturated rings. The molecule has 5 nitrogen and oxygen atoms in total. The fraction of sp³-hybridized carbons (Fsp3) is 0.0968. The average molecular weight is 527 g/mol. The van der Waals surface area contributed by atoms with Gasteiger partial charge in [0.15, 0.2) is 0 Å². The molecule has 0 saturated heterocycles. The van der Waals surface area contributed by atoms with Gasteiger partial charge in [0.05, 0.1) is 5.02 Å². The minimum atomic E-state index is -0.548. The van der Waals surface area contributed by atoms with Crippen LogP contribution >= 0.6 is 11.6 Å². The van der Waals surface area contributed by atoms with Gasteiger partial charge in [-0.2, -0.15) is 5.26 Å². The van der Waals surface area contributed by atoms with Gasteiger partial charge in [-0.3, -0.25) is 4.79 Å². The molecule has 1 amide bonds. The number of benzene rings is 4. The molecule has 4 aromatic carbocycles. The number of hydrogen-bond acceptors (Lipinski definition) is 4. The summed E-state index contributed by atoms with van der Waals surface area (Å²) in [5, 5.41) is 12.6. The molecule has 7 heteroatoms. The zero-order chi connectivity index (χ0) is 26.9. The number of nitrogens with zero attached hydrogens (tertiary/aromatic N) is 1. The smallest absolute Gasteiger partial charge is 0.266 e. The lowest BCUT2D eigenvalue weighted by molar-refractivity contribution is -0.112. The van der Waals surface area contributed by atoms with E-state index in [0.717, 1.165) is 11.1 Å². The number of nitrogens with one attached hydrogen (secondary N) is 1. The standard InChI is InChI=1S/C31H24ClFN2O3/c1-21-2-4-22(5-3-21)19-37-28-13-11-27(12-14-28)35-31(36)25(18-34)16-24-8-15-30(29(32)17-24)38-20-23-6-9-26(33)10-7-23/h2-17H,19-20H2,1H3,(H,35,36)/b25-16+. The van der Waals surface area contributed by atoms with E-state index < -0.39 is 5.91 Å². The van der Waals surface area contributed by atoms with E-state index in [1.54, 1.807) is 54.6 Å². The first-order valence-corrected chi connectivity index (χ1v) is 12.2. The molecule has 0 aliphatic rings. The minimum Gasteiger partial charge on any atom is -0.489 e. The van der Waals surface area contributed by atoms with Gasteiger partial charge in [-0.1, -0.05) is 59.6 Å². The van der Waals surface area contributed by atoms with Gasteiger partial charge in [-0.15, -0.1) is 0 Å². The van der Waals surface area contributed by atoms with Gasteiger partial charge in [0, 0.05) is 5.69 Å². The van der Waals surface area contributed by atoms with E-state index in [2.05, 4.69) is 5.32 Å². The van der Waals surface area contributed by atoms with Crippen LogP contribution in [0.4, 0.5) is 10.1 Å². The minimum absolute atomic E-state index is 0.0826. The topological polar surface area (TPSA) is 71.3 Å². The number of aryl methyl sites for hydroxylation is 1. The van der Waals surface area contributed by atoms with Crippen molar-refractivity contribution >= 4 is 29.3 Å². The zero-order valence-electron chi connectivity index (χ0n) is 20.6. The molecule has 0 saturated carbocycles. The van der Waals surface area contributed by atoms with Crippen LogP contribution in [0.1, 0.15) is 22.3 Å². The third kappa shape index (κ3) is 7.45.